The van der Waals surface area contributed by atoms with Crippen molar-refractivity contribution in [3.63, 3.8) is 0 Å². The summed E-state index contributed by atoms with van der Waals surface area (Å²) in [6.07, 6.45) is 0. The third-order valence-corrected chi connectivity index (χ3v) is 6.65. The Hall–Kier alpha value is -3.42. The molecule has 0 amide bonds. The van der Waals surface area contributed by atoms with Crippen LogP contribution in [-0.4, -0.2) is 0 Å². The quantitative estimate of drug-likeness (QED) is 0.226. The standard InChI is InChI=1S/C30H19Br/c31-24-14-10-21(11-15-24)23-13-17-28-27-16-12-22(20-6-2-1-3-7-20)18-29(27)25-8-4-5-9-26(25)30(28)19-23/h1-19H. The lowest BCUT2D eigenvalue weighted by atomic mass is 9.90. The summed E-state index contributed by atoms with van der Waals surface area (Å²) in [4.78, 5) is 0. The van der Waals surface area contributed by atoms with Gasteiger partial charge in [0.25, 0.3) is 0 Å². The molecule has 0 saturated carbocycles. The van der Waals surface area contributed by atoms with Gasteiger partial charge >= 0.3 is 0 Å². The third-order valence-electron chi connectivity index (χ3n) is 6.12. The zero-order valence-electron chi connectivity index (χ0n) is 16.8. The van der Waals surface area contributed by atoms with Gasteiger partial charge in [0.05, 0.1) is 0 Å². The van der Waals surface area contributed by atoms with Crippen LogP contribution in [0.15, 0.2) is 120 Å². The fourth-order valence-corrected chi connectivity index (χ4v) is 4.85. The van der Waals surface area contributed by atoms with E-state index < -0.39 is 0 Å². The van der Waals surface area contributed by atoms with Crippen molar-refractivity contribution in [2.45, 2.75) is 0 Å². The molecule has 0 aliphatic rings. The monoisotopic (exact) mass is 458 g/mol. The van der Waals surface area contributed by atoms with Crippen LogP contribution in [0, 0.1) is 0 Å². The number of rotatable bonds is 2. The smallest absolute Gasteiger partial charge is 0.0175 e. The Morgan fingerprint density at radius 1 is 0.323 bits per heavy atom. The molecule has 1 heteroatoms. The second-order valence-corrected chi connectivity index (χ2v) is 8.85. The molecule has 0 saturated heterocycles. The van der Waals surface area contributed by atoms with Crippen molar-refractivity contribution < 1.29 is 0 Å². The van der Waals surface area contributed by atoms with Crippen LogP contribution in [0.3, 0.4) is 0 Å². The van der Waals surface area contributed by atoms with Gasteiger partial charge in [-0.3, -0.25) is 0 Å². The molecule has 31 heavy (non-hydrogen) atoms. The largest absolute Gasteiger partial charge is 0.0622 e. The summed E-state index contributed by atoms with van der Waals surface area (Å²) < 4.78 is 1.10. The first kappa shape index (κ1) is 18.4. The van der Waals surface area contributed by atoms with E-state index in [9.17, 15) is 0 Å². The van der Waals surface area contributed by atoms with Gasteiger partial charge in [-0.1, -0.05) is 107 Å². The van der Waals surface area contributed by atoms with E-state index in [1.54, 1.807) is 0 Å². The molecule has 0 spiro atoms. The Bertz CT molecular complexity index is 1540. The maximum Gasteiger partial charge on any atom is 0.0175 e. The molecule has 0 aromatic heterocycles. The predicted molar refractivity (Wildman–Crippen MR) is 138 cm³/mol. The molecule has 0 unspecified atom stereocenters. The van der Waals surface area contributed by atoms with Crippen LogP contribution in [0.25, 0.3) is 54.6 Å². The van der Waals surface area contributed by atoms with Gasteiger partial charge in [0.15, 0.2) is 0 Å². The summed E-state index contributed by atoms with van der Waals surface area (Å²) in [6.45, 7) is 0. The van der Waals surface area contributed by atoms with E-state index in [0.717, 1.165) is 4.47 Å². The fraction of sp³-hybridized carbons (Fsp3) is 0. The average Bonchev–Trinajstić information content (AvgIpc) is 2.84. The highest BCUT2D eigenvalue weighted by Crippen LogP contribution is 2.38. The van der Waals surface area contributed by atoms with Crippen LogP contribution in [-0.2, 0) is 0 Å². The van der Waals surface area contributed by atoms with Gasteiger partial charge < -0.3 is 0 Å². The molecule has 6 aromatic carbocycles. The molecule has 0 aliphatic carbocycles. The molecule has 0 fully saturated rings. The molecule has 0 N–H and O–H groups in total. The van der Waals surface area contributed by atoms with Crippen molar-refractivity contribution in [3.8, 4) is 22.3 Å². The molecule has 6 aromatic rings. The van der Waals surface area contributed by atoms with E-state index in [2.05, 4.69) is 131 Å². The minimum Gasteiger partial charge on any atom is -0.0622 e. The van der Waals surface area contributed by atoms with Gasteiger partial charge in [0.1, 0.15) is 0 Å². The Balaban J connectivity index is 1.66. The lowest BCUT2D eigenvalue weighted by molar-refractivity contribution is 1.62. The first-order valence-electron chi connectivity index (χ1n) is 10.5. The molecule has 6 rings (SSSR count). The molecule has 0 bridgehead atoms. The van der Waals surface area contributed by atoms with Crippen LogP contribution in [0.5, 0.6) is 0 Å². The van der Waals surface area contributed by atoms with Crippen molar-refractivity contribution in [3.05, 3.63) is 120 Å². The second-order valence-electron chi connectivity index (χ2n) is 7.94. The molecule has 146 valence electrons. The molecule has 0 heterocycles. The predicted octanol–water partition coefficient (Wildman–Crippen LogP) is 9.24. The van der Waals surface area contributed by atoms with E-state index in [-0.39, 0.29) is 0 Å². The third kappa shape index (κ3) is 3.13. The maximum atomic E-state index is 3.54. The number of halogens is 1. The normalized spacial score (nSPS) is 11.4. The number of fused-ring (bicyclic) bond motifs is 6. The molecule has 0 aliphatic heterocycles. The zero-order valence-corrected chi connectivity index (χ0v) is 18.4. The number of benzene rings is 6. The summed E-state index contributed by atoms with van der Waals surface area (Å²) >= 11 is 3.54. The highest BCUT2D eigenvalue weighted by molar-refractivity contribution is 9.10. The topological polar surface area (TPSA) is 0 Å². The highest BCUT2D eigenvalue weighted by Gasteiger charge is 2.11. The van der Waals surface area contributed by atoms with Gasteiger partial charge in [0.2, 0.25) is 0 Å². The van der Waals surface area contributed by atoms with Crippen LogP contribution in [0.2, 0.25) is 0 Å². The summed E-state index contributed by atoms with van der Waals surface area (Å²) in [6, 6.07) is 41.7. The van der Waals surface area contributed by atoms with E-state index in [1.165, 1.54) is 54.6 Å². The van der Waals surface area contributed by atoms with Crippen LogP contribution in [0.4, 0.5) is 0 Å². The maximum absolute atomic E-state index is 3.54. The Kier molecular flexibility index (Phi) is 4.36. The summed E-state index contributed by atoms with van der Waals surface area (Å²) in [5, 5.41) is 7.81. The lowest BCUT2D eigenvalue weighted by Gasteiger charge is -2.13. The lowest BCUT2D eigenvalue weighted by Crippen LogP contribution is -1.86. The van der Waals surface area contributed by atoms with Crippen molar-refractivity contribution in [1.29, 1.82) is 0 Å². The SMILES string of the molecule is Brc1ccc(-c2ccc3c4ccc(-c5ccccc5)cc4c4ccccc4c3c2)cc1. The van der Waals surface area contributed by atoms with Crippen molar-refractivity contribution in [2.24, 2.45) is 0 Å². The van der Waals surface area contributed by atoms with E-state index in [4.69, 9.17) is 0 Å². The molecule has 0 atom stereocenters. The second kappa shape index (κ2) is 7.37. The number of hydrogen-bond acceptors (Lipinski definition) is 0. The van der Waals surface area contributed by atoms with Crippen LogP contribution < -0.4 is 0 Å². The first-order chi connectivity index (χ1) is 15.3. The van der Waals surface area contributed by atoms with Gasteiger partial charge in [-0.2, -0.15) is 0 Å². The summed E-state index contributed by atoms with van der Waals surface area (Å²) in [5.74, 6) is 0. The van der Waals surface area contributed by atoms with E-state index >= 15 is 0 Å². The number of hydrogen-bond donors (Lipinski definition) is 0. The van der Waals surface area contributed by atoms with Crippen molar-refractivity contribution in [1.82, 2.24) is 0 Å². The molecular formula is C30H19Br. The molecular weight excluding hydrogens is 440 g/mol. The van der Waals surface area contributed by atoms with Gasteiger partial charge in [-0.05, 0) is 78.8 Å². The van der Waals surface area contributed by atoms with Crippen LogP contribution in [0.1, 0.15) is 0 Å². The van der Waals surface area contributed by atoms with E-state index in [1.807, 2.05) is 0 Å². The van der Waals surface area contributed by atoms with Crippen molar-refractivity contribution in [2.75, 3.05) is 0 Å². The zero-order chi connectivity index (χ0) is 20.8. The molecule has 0 nitrogen and oxygen atoms in total. The summed E-state index contributed by atoms with van der Waals surface area (Å²) in [5.41, 5.74) is 4.97. The highest BCUT2D eigenvalue weighted by atomic mass is 79.9. The minimum atomic E-state index is 1.10. The minimum absolute atomic E-state index is 1.10. The van der Waals surface area contributed by atoms with Gasteiger partial charge in [-0.25, -0.2) is 0 Å². The Labute approximate surface area is 189 Å². The first-order valence-corrected chi connectivity index (χ1v) is 11.3. The van der Waals surface area contributed by atoms with Crippen molar-refractivity contribution >= 4 is 48.2 Å². The van der Waals surface area contributed by atoms with E-state index in [0.29, 0.717) is 0 Å². The van der Waals surface area contributed by atoms with Crippen LogP contribution >= 0.6 is 15.9 Å². The van der Waals surface area contributed by atoms with Gasteiger partial charge in [0, 0.05) is 4.47 Å². The average molecular weight is 459 g/mol. The fourth-order valence-electron chi connectivity index (χ4n) is 4.59. The van der Waals surface area contributed by atoms with Gasteiger partial charge in [-0.15, -0.1) is 0 Å². The molecule has 0 radical (unpaired) electrons. The summed E-state index contributed by atoms with van der Waals surface area (Å²) in [7, 11) is 0. The Morgan fingerprint density at radius 2 is 0.742 bits per heavy atom. The Morgan fingerprint density at radius 3 is 1.29 bits per heavy atom.